The number of hydrogen-bond acceptors (Lipinski definition) is 4. The zero-order chi connectivity index (χ0) is 18.6. The largest absolute Gasteiger partial charge is 0.508 e. The van der Waals surface area contributed by atoms with Crippen LogP contribution in [0.25, 0.3) is 0 Å². The molecule has 134 valence electrons. The topological polar surface area (TPSA) is 55.8 Å². The zero-order valence-corrected chi connectivity index (χ0v) is 16.5. The summed E-state index contributed by atoms with van der Waals surface area (Å²) in [4.78, 5) is 11.2. The minimum Gasteiger partial charge on any atom is -0.508 e. The number of aromatic hydroxyl groups is 1. The number of rotatable bonds is 6. The Labute approximate surface area is 156 Å². The van der Waals surface area contributed by atoms with Crippen LogP contribution in [0.1, 0.15) is 42.0 Å². The SMILES string of the molecule is COC(=O)COc1cc(C)c(Cc2ccc(O)c(C(C)C)c2)c(Br)c1. The van der Waals surface area contributed by atoms with E-state index in [0.717, 1.165) is 33.1 Å². The third-order valence-electron chi connectivity index (χ3n) is 4.07. The van der Waals surface area contributed by atoms with Crippen molar-refractivity contribution in [3.8, 4) is 11.5 Å². The van der Waals surface area contributed by atoms with Crippen LogP contribution >= 0.6 is 15.9 Å². The highest BCUT2D eigenvalue weighted by Crippen LogP contribution is 2.31. The molecular formula is C20H23BrO4. The van der Waals surface area contributed by atoms with Gasteiger partial charge in [-0.25, -0.2) is 4.79 Å². The number of carbonyl (C=O) groups excluding carboxylic acids is 1. The minimum atomic E-state index is -0.414. The summed E-state index contributed by atoms with van der Waals surface area (Å²) in [6.45, 7) is 6.02. The maximum absolute atomic E-state index is 11.2. The van der Waals surface area contributed by atoms with E-state index in [1.54, 1.807) is 6.07 Å². The number of benzene rings is 2. The van der Waals surface area contributed by atoms with Crippen LogP contribution in [0.15, 0.2) is 34.8 Å². The summed E-state index contributed by atoms with van der Waals surface area (Å²) in [5.74, 6) is 0.801. The van der Waals surface area contributed by atoms with Crippen LogP contribution in [0, 0.1) is 6.92 Å². The number of phenols is 1. The van der Waals surface area contributed by atoms with Crippen molar-refractivity contribution in [3.63, 3.8) is 0 Å². The molecule has 0 aliphatic rings. The zero-order valence-electron chi connectivity index (χ0n) is 14.9. The van der Waals surface area contributed by atoms with E-state index in [-0.39, 0.29) is 12.5 Å². The molecule has 0 aliphatic carbocycles. The van der Waals surface area contributed by atoms with Gasteiger partial charge in [0, 0.05) is 4.47 Å². The Morgan fingerprint density at radius 1 is 1.24 bits per heavy atom. The molecule has 0 atom stereocenters. The maximum Gasteiger partial charge on any atom is 0.343 e. The summed E-state index contributed by atoms with van der Waals surface area (Å²) >= 11 is 3.60. The Kier molecular flexibility index (Phi) is 6.48. The van der Waals surface area contributed by atoms with Crippen molar-refractivity contribution < 1.29 is 19.4 Å². The highest BCUT2D eigenvalue weighted by atomic mass is 79.9. The van der Waals surface area contributed by atoms with Crippen molar-refractivity contribution in [2.24, 2.45) is 0 Å². The summed E-state index contributed by atoms with van der Waals surface area (Å²) in [6.07, 6.45) is 0.740. The van der Waals surface area contributed by atoms with Crippen molar-refractivity contribution >= 4 is 21.9 Å². The van der Waals surface area contributed by atoms with Crippen LogP contribution in [-0.2, 0) is 16.0 Å². The van der Waals surface area contributed by atoms with Crippen molar-refractivity contribution in [2.45, 2.75) is 33.1 Å². The second-order valence-corrected chi connectivity index (χ2v) is 7.14. The fourth-order valence-electron chi connectivity index (χ4n) is 2.63. The molecule has 2 aromatic rings. The molecule has 0 fully saturated rings. The maximum atomic E-state index is 11.2. The van der Waals surface area contributed by atoms with Crippen molar-refractivity contribution in [2.75, 3.05) is 13.7 Å². The molecule has 0 bridgehead atoms. The monoisotopic (exact) mass is 406 g/mol. The molecule has 25 heavy (non-hydrogen) atoms. The standard InChI is InChI=1S/C20H23BrO4/c1-12(2)16-8-14(5-6-19(16)22)9-17-13(3)7-15(10-18(17)21)25-11-20(23)24-4/h5-8,10,12,22H,9,11H2,1-4H3. The minimum absolute atomic E-state index is 0.114. The lowest BCUT2D eigenvalue weighted by Crippen LogP contribution is -2.12. The average molecular weight is 407 g/mol. The van der Waals surface area contributed by atoms with E-state index in [1.807, 2.05) is 31.2 Å². The third-order valence-corrected chi connectivity index (χ3v) is 4.78. The summed E-state index contributed by atoms with van der Waals surface area (Å²) in [7, 11) is 1.33. The Morgan fingerprint density at radius 2 is 1.96 bits per heavy atom. The molecule has 2 rings (SSSR count). The molecule has 0 saturated heterocycles. The molecule has 0 aromatic heterocycles. The summed E-state index contributed by atoms with van der Waals surface area (Å²) in [5.41, 5.74) is 4.29. The molecule has 0 unspecified atom stereocenters. The van der Waals surface area contributed by atoms with E-state index in [1.165, 1.54) is 7.11 Å². The van der Waals surface area contributed by atoms with Gasteiger partial charge < -0.3 is 14.6 Å². The van der Waals surface area contributed by atoms with Gasteiger partial charge >= 0.3 is 5.97 Å². The van der Waals surface area contributed by atoms with E-state index in [0.29, 0.717) is 11.5 Å². The smallest absolute Gasteiger partial charge is 0.343 e. The predicted molar refractivity (Wildman–Crippen MR) is 101 cm³/mol. The van der Waals surface area contributed by atoms with Gasteiger partial charge in [0.1, 0.15) is 11.5 Å². The van der Waals surface area contributed by atoms with Crippen LogP contribution in [-0.4, -0.2) is 24.8 Å². The molecule has 0 spiro atoms. The van der Waals surface area contributed by atoms with Crippen LogP contribution in [0.2, 0.25) is 0 Å². The van der Waals surface area contributed by atoms with Gasteiger partial charge in [0.15, 0.2) is 6.61 Å². The number of carbonyl (C=O) groups is 1. The van der Waals surface area contributed by atoms with Crippen molar-refractivity contribution in [1.29, 1.82) is 0 Å². The average Bonchev–Trinajstić information content (AvgIpc) is 2.57. The lowest BCUT2D eigenvalue weighted by atomic mass is 9.95. The fraction of sp³-hybridized carbons (Fsp3) is 0.350. The number of hydrogen-bond donors (Lipinski definition) is 1. The summed E-state index contributed by atoms with van der Waals surface area (Å²) < 4.78 is 11.0. The Morgan fingerprint density at radius 3 is 2.56 bits per heavy atom. The van der Waals surface area contributed by atoms with E-state index in [4.69, 9.17) is 4.74 Å². The predicted octanol–water partition coefficient (Wildman–Crippen LogP) is 4.73. The number of halogens is 1. The molecule has 2 aromatic carbocycles. The molecule has 4 nitrogen and oxygen atoms in total. The fourth-order valence-corrected chi connectivity index (χ4v) is 3.31. The van der Waals surface area contributed by atoms with Crippen LogP contribution < -0.4 is 4.74 Å². The molecule has 0 radical (unpaired) electrons. The van der Waals surface area contributed by atoms with Gasteiger partial charge in [0.25, 0.3) is 0 Å². The van der Waals surface area contributed by atoms with E-state index in [2.05, 4.69) is 34.5 Å². The number of aryl methyl sites for hydroxylation is 1. The van der Waals surface area contributed by atoms with Crippen molar-refractivity contribution in [3.05, 3.63) is 57.1 Å². The molecule has 5 heteroatoms. The van der Waals surface area contributed by atoms with Gasteiger partial charge in [-0.2, -0.15) is 0 Å². The first-order valence-corrected chi connectivity index (χ1v) is 8.91. The Balaban J connectivity index is 2.23. The number of phenolic OH excluding ortho intramolecular Hbond substituents is 1. The quantitative estimate of drug-likeness (QED) is 0.704. The molecule has 0 aliphatic heterocycles. The molecule has 0 saturated carbocycles. The molecule has 1 N–H and O–H groups in total. The van der Waals surface area contributed by atoms with Crippen LogP contribution in [0.3, 0.4) is 0 Å². The highest BCUT2D eigenvalue weighted by molar-refractivity contribution is 9.10. The number of esters is 1. The lowest BCUT2D eigenvalue weighted by Gasteiger charge is -2.14. The number of ether oxygens (including phenoxy) is 2. The third kappa shape index (κ3) is 4.98. The summed E-state index contributed by atoms with van der Waals surface area (Å²) in [6, 6.07) is 9.51. The lowest BCUT2D eigenvalue weighted by molar-refractivity contribution is -0.142. The second kappa shape index (κ2) is 8.39. The van der Waals surface area contributed by atoms with Crippen molar-refractivity contribution in [1.82, 2.24) is 0 Å². The van der Waals surface area contributed by atoms with Gasteiger partial charge in [0.05, 0.1) is 7.11 Å². The number of methoxy groups -OCH3 is 1. The van der Waals surface area contributed by atoms with E-state index < -0.39 is 5.97 Å². The molecule has 0 heterocycles. The van der Waals surface area contributed by atoms with Gasteiger partial charge in [-0.3, -0.25) is 0 Å². The molecule has 0 amide bonds. The van der Waals surface area contributed by atoms with E-state index in [9.17, 15) is 9.90 Å². The van der Waals surface area contributed by atoms with Gasteiger partial charge in [0.2, 0.25) is 0 Å². The Bertz CT molecular complexity index is 745. The normalized spacial score (nSPS) is 10.8. The van der Waals surface area contributed by atoms with E-state index >= 15 is 0 Å². The van der Waals surface area contributed by atoms with Gasteiger partial charge in [-0.05, 0) is 59.7 Å². The Hall–Kier alpha value is -2.01. The highest BCUT2D eigenvalue weighted by Gasteiger charge is 2.12. The first-order chi connectivity index (χ1) is 11.8. The first kappa shape index (κ1) is 19.3. The second-order valence-electron chi connectivity index (χ2n) is 6.29. The first-order valence-electron chi connectivity index (χ1n) is 8.12. The summed E-state index contributed by atoms with van der Waals surface area (Å²) in [5, 5.41) is 9.98. The molecular weight excluding hydrogens is 384 g/mol. The van der Waals surface area contributed by atoms with Crippen LogP contribution in [0.4, 0.5) is 0 Å². The van der Waals surface area contributed by atoms with Crippen LogP contribution in [0.5, 0.6) is 11.5 Å². The van der Waals surface area contributed by atoms with Gasteiger partial charge in [-0.15, -0.1) is 0 Å². The van der Waals surface area contributed by atoms with Gasteiger partial charge in [-0.1, -0.05) is 41.9 Å².